The first-order valence-corrected chi connectivity index (χ1v) is 6.81. The summed E-state index contributed by atoms with van der Waals surface area (Å²) in [6.07, 6.45) is 0. The lowest BCUT2D eigenvalue weighted by Gasteiger charge is -2.06. The van der Waals surface area contributed by atoms with Gasteiger partial charge in [0, 0.05) is 22.7 Å². The zero-order valence-corrected chi connectivity index (χ0v) is 11.2. The standard InChI is InChI=1S/C13H13N5S/c1-9-5-6-19-12(9)8-14-11-4-2-3-10(7-11)13-15-17-18-16-13/h2-7,14H,8H2,1H3,(H,15,16,17,18). The van der Waals surface area contributed by atoms with Gasteiger partial charge in [-0.1, -0.05) is 12.1 Å². The fourth-order valence-corrected chi connectivity index (χ4v) is 2.67. The molecule has 2 aromatic heterocycles. The van der Waals surface area contributed by atoms with Crippen molar-refractivity contribution in [3.05, 3.63) is 46.2 Å². The van der Waals surface area contributed by atoms with E-state index in [0.29, 0.717) is 5.82 Å². The number of nitrogens with zero attached hydrogens (tertiary/aromatic N) is 3. The topological polar surface area (TPSA) is 66.5 Å². The molecule has 0 amide bonds. The Bertz CT molecular complexity index is 659. The summed E-state index contributed by atoms with van der Waals surface area (Å²) in [7, 11) is 0. The molecule has 2 N–H and O–H groups in total. The predicted octanol–water partition coefficient (Wildman–Crippen LogP) is 2.85. The van der Waals surface area contributed by atoms with Crippen LogP contribution in [0.15, 0.2) is 35.7 Å². The molecule has 19 heavy (non-hydrogen) atoms. The molecule has 0 saturated carbocycles. The number of aryl methyl sites for hydroxylation is 1. The number of aromatic nitrogens is 4. The van der Waals surface area contributed by atoms with Crippen molar-refractivity contribution < 1.29 is 0 Å². The molecule has 3 aromatic rings. The van der Waals surface area contributed by atoms with Crippen LogP contribution in [0.5, 0.6) is 0 Å². The molecule has 96 valence electrons. The van der Waals surface area contributed by atoms with Crippen molar-refractivity contribution in [3.63, 3.8) is 0 Å². The summed E-state index contributed by atoms with van der Waals surface area (Å²) in [6, 6.07) is 10.1. The van der Waals surface area contributed by atoms with Crippen LogP contribution in [-0.2, 0) is 6.54 Å². The van der Waals surface area contributed by atoms with E-state index in [4.69, 9.17) is 0 Å². The minimum absolute atomic E-state index is 0.607. The Labute approximate surface area is 114 Å². The van der Waals surface area contributed by atoms with Gasteiger partial charge in [0.1, 0.15) is 0 Å². The molecular formula is C13H13N5S. The third-order valence-electron chi connectivity index (χ3n) is 2.89. The Hall–Kier alpha value is -2.21. The lowest BCUT2D eigenvalue weighted by atomic mass is 10.2. The van der Waals surface area contributed by atoms with Crippen molar-refractivity contribution in [1.82, 2.24) is 20.6 Å². The van der Waals surface area contributed by atoms with Crippen LogP contribution in [0, 0.1) is 6.92 Å². The van der Waals surface area contributed by atoms with Gasteiger partial charge in [0.25, 0.3) is 0 Å². The molecule has 0 radical (unpaired) electrons. The smallest absolute Gasteiger partial charge is 0.204 e. The van der Waals surface area contributed by atoms with Crippen molar-refractivity contribution in [3.8, 4) is 11.4 Å². The lowest BCUT2D eigenvalue weighted by molar-refractivity contribution is 0.881. The summed E-state index contributed by atoms with van der Waals surface area (Å²) in [4.78, 5) is 1.35. The minimum atomic E-state index is 0.607. The number of tetrazole rings is 1. The highest BCUT2D eigenvalue weighted by atomic mass is 32.1. The highest BCUT2D eigenvalue weighted by Crippen LogP contribution is 2.21. The number of hydrogen-bond acceptors (Lipinski definition) is 5. The van der Waals surface area contributed by atoms with Crippen LogP contribution in [0.1, 0.15) is 10.4 Å². The number of hydrogen-bond donors (Lipinski definition) is 2. The van der Waals surface area contributed by atoms with Gasteiger partial charge in [0.05, 0.1) is 0 Å². The van der Waals surface area contributed by atoms with Crippen LogP contribution in [0.2, 0.25) is 0 Å². The highest BCUT2D eigenvalue weighted by molar-refractivity contribution is 7.10. The van der Waals surface area contributed by atoms with Gasteiger partial charge in [-0.2, -0.15) is 5.21 Å². The second-order valence-corrected chi connectivity index (χ2v) is 5.20. The van der Waals surface area contributed by atoms with E-state index in [1.54, 1.807) is 11.3 Å². The number of rotatable bonds is 4. The van der Waals surface area contributed by atoms with Crippen LogP contribution in [0.25, 0.3) is 11.4 Å². The first kappa shape index (κ1) is 11.9. The lowest BCUT2D eigenvalue weighted by Crippen LogP contribution is -1.98. The monoisotopic (exact) mass is 271 g/mol. The third kappa shape index (κ3) is 2.63. The first-order chi connectivity index (χ1) is 9.33. The van der Waals surface area contributed by atoms with Gasteiger partial charge < -0.3 is 5.32 Å². The molecule has 0 bridgehead atoms. The molecule has 0 spiro atoms. The van der Waals surface area contributed by atoms with Crippen molar-refractivity contribution in [2.24, 2.45) is 0 Å². The van der Waals surface area contributed by atoms with Crippen molar-refractivity contribution in [2.75, 3.05) is 5.32 Å². The summed E-state index contributed by atoms with van der Waals surface area (Å²) >= 11 is 1.77. The van der Waals surface area contributed by atoms with Crippen molar-refractivity contribution >= 4 is 17.0 Å². The fraction of sp³-hybridized carbons (Fsp3) is 0.154. The van der Waals surface area contributed by atoms with Crippen LogP contribution in [0.4, 0.5) is 5.69 Å². The molecule has 0 aliphatic heterocycles. The Morgan fingerprint density at radius 2 is 2.26 bits per heavy atom. The molecule has 5 nitrogen and oxygen atoms in total. The number of thiophene rings is 1. The van der Waals surface area contributed by atoms with E-state index in [1.807, 2.05) is 24.3 Å². The molecule has 0 saturated heterocycles. The third-order valence-corrected chi connectivity index (χ3v) is 3.91. The van der Waals surface area contributed by atoms with E-state index in [9.17, 15) is 0 Å². The number of nitrogens with one attached hydrogen (secondary N) is 2. The minimum Gasteiger partial charge on any atom is -0.380 e. The zero-order chi connectivity index (χ0) is 13.1. The van der Waals surface area contributed by atoms with E-state index in [2.05, 4.69) is 44.3 Å². The second-order valence-electron chi connectivity index (χ2n) is 4.20. The van der Waals surface area contributed by atoms with Crippen molar-refractivity contribution in [2.45, 2.75) is 13.5 Å². The molecule has 1 aromatic carbocycles. The Balaban J connectivity index is 1.75. The normalized spacial score (nSPS) is 10.6. The summed E-state index contributed by atoms with van der Waals surface area (Å²) in [5.74, 6) is 0.607. The van der Waals surface area contributed by atoms with E-state index >= 15 is 0 Å². The van der Waals surface area contributed by atoms with Gasteiger partial charge in [-0.25, -0.2) is 0 Å². The predicted molar refractivity (Wildman–Crippen MR) is 76.0 cm³/mol. The van der Waals surface area contributed by atoms with Gasteiger partial charge in [0.2, 0.25) is 5.82 Å². The maximum Gasteiger partial charge on any atom is 0.204 e. The summed E-state index contributed by atoms with van der Waals surface area (Å²) in [5.41, 5.74) is 3.32. The van der Waals surface area contributed by atoms with Gasteiger partial charge in [0.15, 0.2) is 0 Å². The van der Waals surface area contributed by atoms with Gasteiger partial charge in [-0.05, 0) is 41.3 Å². The molecule has 0 unspecified atom stereocenters. The van der Waals surface area contributed by atoms with Crippen molar-refractivity contribution in [1.29, 1.82) is 0 Å². The quantitative estimate of drug-likeness (QED) is 0.765. The van der Waals surface area contributed by atoms with E-state index in [-0.39, 0.29) is 0 Å². The molecule has 0 aliphatic rings. The highest BCUT2D eigenvalue weighted by Gasteiger charge is 2.04. The summed E-state index contributed by atoms with van der Waals surface area (Å²) < 4.78 is 0. The maximum atomic E-state index is 3.98. The SMILES string of the molecule is Cc1ccsc1CNc1cccc(-c2nn[nH]n2)c1. The summed E-state index contributed by atoms with van der Waals surface area (Å²) in [5, 5.41) is 19.5. The second kappa shape index (κ2) is 5.19. The number of aromatic amines is 1. The Morgan fingerprint density at radius 1 is 1.32 bits per heavy atom. The molecule has 6 heteroatoms. The van der Waals surface area contributed by atoms with E-state index < -0.39 is 0 Å². The van der Waals surface area contributed by atoms with Crippen LogP contribution in [0.3, 0.4) is 0 Å². The molecular weight excluding hydrogens is 258 g/mol. The number of benzene rings is 1. The molecule has 3 rings (SSSR count). The van der Waals surface area contributed by atoms with Gasteiger partial charge in [-0.15, -0.1) is 21.5 Å². The summed E-state index contributed by atoms with van der Waals surface area (Å²) in [6.45, 7) is 2.96. The average molecular weight is 271 g/mol. The maximum absolute atomic E-state index is 3.98. The number of anilines is 1. The Morgan fingerprint density at radius 3 is 3.00 bits per heavy atom. The molecule has 0 aliphatic carbocycles. The first-order valence-electron chi connectivity index (χ1n) is 5.93. The van der Waals surface area contributed by atoms with Crippen LogP contribution >= 0.6 is 11.3 Å². The molecule has 2 heterocycles. The fourth-order valence-electron chi connectivity index (χ4n) is 1.82. The van der Waals surface area contributed by atoms with Gasteiger partial charge in [-0.3, -0.25) is 0 Å². The molecule has 0 fully saturated rings. The number of H-pyrrole nitrogens is 1. The average Bonchev–Trinajstić information content (AvgIpc) is 3.08. The van der Waals surface area contributed by atoms with E-state index in [0.717, 1.165) is 17.8 Å². The Kier molecular flexibility index (Phi) is 3.24. The largest absolute Gasteiger partial charge is 0.380 e. The molecule has 0 atom stereocenters. The van der Waals surface area contributed by atoms with Gasteiger partial charge >= 0.3 is 0 Å². The van der Waals surface area contributed by atoms with Crippen LogP contribution < -0.4 is 5.32 Å². The van der Waals surface area contributed by atoms with Crippen LogP contribution in [-0.4, -0.2) is 20.6 Å². The zero-order valence-electron chi connectivity index (χ0n) is 10.4. The van der Waals surface area contributed by atoms with E-state index in [1.165, 1.54) is 10.4 Å².